The van der Waals surface area contributed by atoms with E-state index in [0.717, 1.165) is 28.3 Å². The van der Waals surface area contributed by atoms with Gasteiger partial charge in [-0.15, -0.1) is 0 Å². The third kappa shape index (κ3) is 4.18. The molecule has 4 heterocycles. The maximum atomic E-state index is 12.9. The molecule has 0 unspecified atom stereocenters. The van der Waals surface area contributed by atoms with Crippen molar-refractivity contribution in [2.75, 3.05) is 32.8 Å². The number of piperazine rings is 1. The van der Waals surface area contributed by atoms with E-state index in [1.807, 2.05) is 54.5 Å². The van der Waals surface area contributed by atoms with Crippen LogP contribution in [0.5, 0.6) is 11.5 Å². The Kier molecular flexibility index (Phi) is 5.85. The van der Waals surface area contributed by atoms with Crippen LogP contribution in [0.3, 0.4) is 0 Å². The van der Waals surface area contributed by atoms with Gasteiger partial charge in [0.15, 0.2) is 17.1 Å². The summed E-state index contributed by atoms with van der Waals surface area (Å²) in [7, 11) is 0. The topological polar surface area (TPSA) is 89.3 Å². The van der Waals surface area contributed by atoms with Crippen LogP contribution >= 0.6 is 0 Å². The zero-order chi connectivity index (χ0) is 23.8. The highest BCUT2D eigenvalue weighted by Gasteiger charge is 2.33. The number of ether oxygens (including phenoxy) is 2. The quantitative estimate of drug-likeness (QED) is 0.589. The minimum Gasteiger partial charge on any atom is -0.485 e. The van der Waals surface area contributed by atoms with Crippen LogP contribution in [0.2, 0.25) is 0 Å². The van der Waals surface area contributed by atoms with Crippen LogP contribution in [0.15, 0.2) is 30.3 Å². The van der Waals surface area contributed by atoms with E-state index < -0.39 is 6.10 Å². The van der Waals surface area contributed by atoms with Crippen molar-refractivity contribution in [3.8, 4) is 11.5 Å². The molecule has 9 heteroatoms. The predicted molar refractivity (Wildman–Crippen MR) is 125 cm³/mol. The molecule has 0 bridgehead atoms. The molecule has 178 valence electrons. The molecule has 34 heavy (non-hydrogen) atoms. The van der Waals surface area contributed by atoms with Crippen LogP contribution in [-0.4, -0.2) is 75.1 Å². The van der Waals surface area contributed by atoms with Crippen LogP contribution in [0.25, 0.3) is 5.65 Å². The van der Waals surface area contributed by atoms with Gasteiger partial charge in [0.2, 0.25) is 12.0 Å². The largest absolute Gasteiger partial charge is 0.485 e. The van der Waals surface area contributed by atoms with Crippen molar-refractivity contribution >= 4 is 17.5 Å². The molecule has 1 saturated heterocycles. The van der Waals surface area contributed by atoms with Crippen LogP contribution in [0.1, 0.15) is 29.1 Å². The molecule has 1 aromatic carbocycles. The summed E-state index contributed by atoms with van der Waals surface area (Å²) in [6, 6.07) is 9.31. The highest BCUT2D eigenvalue weighted by atomic mass is 16.6. The van der Waals surface area contributed by atoms with E-state index in [-0.39, 0.29) is 18.4 Å². The van der Waals surface area contributed by atoms with Gasteiger partial charge in [0.1, 0.15) is 6.61 Å². The van der Waals surface area contributed by atoms with Crippen LogP contribution in [-0.2, 0) is 16.0 Å². The first kappa shape index (κ1) is 22.2. The maximum absolute atomic E-state index is 12.9. The number of carbonyl (C=O) groups excluding carboxylic acids is 2. The second kappa shape index (κ2) is 8.96. The lowest BCUT2D eigenvalue weighted by molar-refractivity contribution is -0.146. The van der Waals surface area contributed by atoms with Gasteiger partial charge in [-0.2, -0.15) is 5.10 Å². The monoisotopic (exact) mass is 463 g/mol. The number of aryl methyl sites for hydroxylation is 3. The first-order valence-electron chi connectivity index (χ1n) is 11.7. The summed E-state index contributed by atoms with van der Waals surface area (Å²) in [5.41, 5.74) is 4.77. The Morgan fingerprint density at radius 3 is 2.50 bits per heavy atom. The number of rotatable bonds is 4. The smallest absolute Gasteiger partial charge is 0.267 e. The van der Waals surface area contributed by atoms with Gasteiger partial charge in [-0.25, -0.2) is 9.50 Å². The average Bonchev–Trinajstić information content (AvgIpc) is 3.23. The van der Waals surface area contributed by atoms with Crippen molar-refractivity contribution in [3.63, 3.8) is 0 Å². The summed E-state index contributed by atoms with van der Waals surface area (Å²) in [4.78, 5) is 34.1. The van der Waals surface area contributed by atoms with Crippen LogP contribution in [0.4, 0.5) is 0 Å². The Morgan fingerprint density at radius 1 is 1.03 bits per heavy atom. The standard InChI is InChI=1S/C25H29N5O4/c1-16-14-23-26-17(2)19(18(3)30(23)27-16)8-9-24(31)28-10-12-29(13-11-28)25(32)22-15-33-20-6-4-5-7-21(20)34-22/h4-7,14,22H,8-13,15H2,1-3H3/t22-/m0/s1. The van der Waals surface area contributed by atoms with Gasteiger partial charge in [0, 0.05) is 50.1 Å². The summed E-state index contributed by atoms with van der Waals surface area (Å²) >= 11 is 0. The molecule has 0 N–H and O–H groups in total. The number of hydrogen-bond acceptors (Lipinski definition) is 6. The number of carbonyl (C=O) groups is 2. The lowest BCUT2D eigenvalue weighted by Gasteiger charge is -2.37. The highest BCUT2D eigenvalue weighted by Crippen LogP contribution is 2.31. The Labute approximate surface area is 198 Å². The zero-order valence-corrected chi connectivity index (χ0v) is 19.8. The number of aromatic nitrogens is 3. The number of benzene rings is 1. The molecule has 2 aromatic heterocycles. The Hall–Kier alpha value is -3.62. The van der Waals surface area contributed by atoms with E-state index in [4.69, 9.17) is 9.47 Å². The number of amides is 2. The molecular weight excluding hydrogens is 434 g/mol. The molecule has 0 saturated carbocycles. The highest BCUT2D eigenvalue weighted by molar-refractivity contribution is 5.82. The molecule has 0 aliphatic carbocycles. The number of nitrogens with zero attached hydrogens (tertiary/aromatic N) is 5. The molecule has 5 rings (SSSR count). The zero-order valence-electron chi connectivity index (χ0n) is 19.8. The summed E-state index contributed by atoms with van der Waals surface area (Å²) in [6.45, 7) is 8.16. The van der Waals surface area contributed by atoms with Gasteiger partial charge >= 0.3 is 0 Å². The van der Waals surface area contributed by atoms with Gasteiger partial charge in [-0.05, 0) is 44.9 Å². The second-order valence-electron chi connectivity index (χ2n) is 8.89. The molecule has 9 nitrogen and oxygen atoms in total. The van der Waals surface area contributed by atoms with Crippen molar-refractivity contribution in [1.82, 2.24) is 24.4 Å². The summed E-state index contributed by atoms with van der Waals surface area (Å²) < 4.78 is 13.4. The van der Waals surface area contributed by atoms with Crippen molar-refractivity contribution in [2.24, 2.45) is 0 Å². The summed E-state index contributed by atoms with van der Waals surface area (Å²) in [5.74, 6) is 1.24. The maximum Gasteiger partial charge on any atom is 0.267 e. The number of hydrogen-bond donors (Lipinski definition) is 0. The van der Waals surface area contributed by atoms with E-state index >= 15 is 0 Å². The SMILES string of the molecule is Cc1cc2nc(C)c(CCC(=O)N3CCN(C(=O)[C@@H]4COc5ccccc5O4)CC3)c(C)n2n1. The predicted octanol–water partition coefficient (Wildman–Crippen LogP) is 2.10. The average molecular weight is 464 g/mol. The van der Waals surface area contributed by atoms with Gasteiger partial charge in [0.25, 0.3) is 5.91 Å². The van der Waals surface area contributed by atoms with E-state index in [0.29, 0.717) is 50.5 Å². The van der Waals surface area contributed by atoms with Gasteiger partial charge in [-0.1, -0.05) is 12.1 Å². The fraction of sp³-hybridized carbons (Fsp3) is 0.440. The van der Waals surface area contributed by atoms with Crippen molar-refractivity contribution in [1.29, 1.82) is 0 Å². The molecular formula is C25H29N5O4. The Bertz CT molecular complexity index is 1250. The van der Waals surface area contributed by atoms with Crippen LogP contribution < -0.4 is 9.47 Å². The minimum absolute atomic E-state index is 0.0915. The van der Waals surface area contributed by atoms with Crippen molar-refractivity contribution in [3.05, 3.63) is 53.0 Å². The van der Waals surface area contributed by atoms with E-state index in [2.05, 4.69) is 10.1 Å². The van der Waals surface area contributed by atoms with Crippen molar-refractivity contribution < 1.29 is 19.1 Å². The Balaban J connectivity index is 1.15. The first-order chi connectivity index (χ1) is 16.4. The minimum atomic E-state index is -0.656. The lowest BCUT2D eigenvalue weighted by atomic mass is 10.1. The van der Waals surface area contributed by atoms with Gasteiger partial charge in [-0.3, -0.25) is 9.59 Å². The van der Waals surface area contributed by atoms with Gasteiger partial charge < -0.3 is 19.3 Å². The normalized spacial score (nSPS) is 17.8. The third-order valence-corrected chi connectivity index (χ3v) is 6.60. The summed E-state index contributed by atoms with van der Waals surface area (Å²) in [6.07, 6.45) is 0.361. The molecule has 2 amide bonds. The van der Waals surface area contributed by atoms with Gasteiger partial charge in [0.05, 0.1) is 5.69 Å². The number of fused-ring (bicyclic) bond motifs is 2. The lowest BCUT2D eigenvalue weighted by Crippen LogP contribution is -2.55. The Morgan fingerprint density at radius 2 is 1.74 bits per heavy atom. The fourth-order valence-electron chi connectivity index (χ4n) is 4.71. The molecule has 0 radical (unpaired) electrons. The van der Waals surface area contributed by atoms with E-state index in [1.54, 1.807) is 11.0 Å². The summed E-state index contributed by atoms with van der Waals surface area (Å²) in [5, 5.41) is 4.51. The van der Waals surface area contributed by atoms with E-state index in [1.165, 1.54) is 0 Å². The van der Waals surface area contributed by atoms with Crippen molar-refractivity contribution in [2.45, 2.75) is 39.7 Å². The third-order valence-electron chi connectivity index (χ3n) is 6.60. The van der Waals surface area contributed by atoms with Crippen LogP contribution in [0, 0.1) is 20.8 Å². The molecule has 3 aromatic rings. The fourth-order valence-corrected chi connectivity index (χ4v) is 4.71. The first-order valence-corrected chi connectivity index (χ1v) is 11.7. The van der Waals surface area contributed by atoms with E-state index in [9.17, 15) is 9.59 Å². The molecule has 2 aliphatic rings. The molecule has 0 spiro atoms. The molecule has 1 fully saturated rings. The molecule has 1 atom stereocenters. The second-order valence-corrected chi connectivity index (χ2v) is 8.89. The molecule has 2 aliphatic heterocycles. The number of para-hydroxylation sites is 2.